The lowest BCUT2D eigenvalue weighted by Gasteiger charge is -2.12. The third-order valence-corrected chi connectivity index (χ3v) is 4.78. The average Bonchev–Trinajstić information content (AvgIpc) is 3.29. The summed E-state index contributed by atoms with van der Waals surface area (Å²) in [4.78, 5) is 16.3. The van der Waals surface area contributed by atoms with Gasteiger partial charge in [0.05, 0.1) is 19.9 Å². The van der Waals surface area contributed by atoms with Crippen LogP contribution in [0.5, 0.6) is 11.5 Å². The minimum absolute atomic E-state index is 0. The Labute approximate surface area is 203 Å². The van der Waals surface area contributed by atoms with Crippen molar-refractivity contribution in [2.75, 3.05) is 39.6 Å². The SMILES string of the molecule is COc1cc2cc(CNCCCNC(=O)C3CCCO3)nc(N)c2cc1OC.O.O.O=S(=O)(O)O. The number of methoxy groups -OCH3 is 2. The maximum Gasteiger partial charge on any atom is 0.394 e. The van der Waals surface area contributed by atoms with Crippen molar-refractivity contribution in [1.29, 1.82) is 0 Å². The van der Waals surface area contributed by atoms with Gasteiger partial charge in [0.15, 0.2) is 11.5 Å². The third kappa shape index (κ3) is 11.0. The molecule has 10 N–H and O–H groups in total. The Bertz CT molecular complexity index is 1040. The zero-order valence-electron chi connectivity index (χ0n) is 19.5. The molecule has 200 valence electrons. The molecule has 1 aromatic carbocycles. The molecule has 3 rings (SSSR count). The van der Waals surface area contributed by atoms with Crippen LogP contribution >= 0.6 is 0 Å². The van der Waals surface area contributed by atoms with Crippen LogP contribution in [0.2, 0.25) is 0 Å². The van der Waals surface area contributed by atoms with Gasteiger partial charge in [0.2, 0.25) is 5.91 Å². The van der Waals surface area contributed by atoms with Crippen LogP contribution in [0.1, 0.15) is 25.0 Å². The zero-order valence-corrected chi connectivity index (χ0v) is 20.4. The number of carbonyl (C=O) groups excluding carboxylic acids is 1. The van der Waals surface area contributed by atoms with E-state index in [1.165, 1.54) is 0 Å². The minimum atomic E-state index is -4.67. The second-order valence-corrected chi connectivity index (χ2v) is 8.09. The lowest BCUT2D eigenvalue weighted by atomic mass is 10.1. The lowest BCUT2D eigenvalue weighted by Crippen LogP contribution is -2.35. The summed E-state index contributed by atoms with van der Waals surface area (Å²) in [7, 11) is -1.47. The maximum atomic E-state index is 11.9. The number of aromatic nitrogens is 1. The highest BCUT2D eigenvalue weighted by atomic mass is 32.3. The summed E-state index contributed by atoms with van der Waals surface area (Å²) in [5, 5.41) is 8.03. The minimum Gasteiger partial charge on any atom is -0.493 e. The summed E-state index contributed by atoms with van der Waals surface area (Å²) in [6.07, 6.45) is 2.33. The van der Waals surface area contributed by atoms with Crippen LogP contribution in [-0.4, -0.2) is 79.4 Å². The molecule has 1 atom stereocenters. The van der Waals surface area contributed by atoms with E-state index in [0.29, 0.717) is 37.0 Å². The van der Waals surface area contributed by atoms with Gasteiger partial charge in [-0.15, -0.1) is 0 Å². The molecular weight excluding hydrogens is 488 g/mol. The van der Waals surface area contributed by atoms with Crippen molar-refractivity contribution in [2.24, 2.45) is 0 Å². The van der Waals surface area contributed by atoms with Gasteiger partial charge >= 0.3 is 10.4 Å². The third-order valence-electron chi connectivity index (χ3n) is 4.78. The lowest BCUT2D eigenvalue weighted by molar-refractivity contribution is -0.130. The topological polar surface area (TPSA) is 245 Å². The van der Waals surface area contributed by atoms with Crippen LogP contribution in [0.15, 0.2) is 18.2 Å². The van der Waals surface area contributed by atoms with Crippen LogP contribution in [0.4, 0.5) is 5.82 Å². The molecule has 1 aromatic heterocycles. The van der Waals surface area contributed by atoms with Crippen LogP contribution in [0, 0.1) is 0 Å². The number of nitrogens with two attached hydrogens (primary N) is 1. The van der Waals surface area contributed by atoms with Gasteiger partial charge in [-0.25, -0.2) is 4.98 Å². The highest BCUT2D eigenvalue weighted by Crippen LogP contribution is 2.34. The Morgan fingerprint density at radius 1 is 1.17 bits per heavy atom. The van der Waals surface area contributed by atoms with E-state index in [4.69, 9.17) is 37.5 Å². The fourth-order valence-electron chi connectivity index (χ4n) is 3.29. The Kier molecular flexibility index (Phi) is 14.0. The second-order valence-electron chi connectivity index (χ2n) is 7.20. The monoisotopic (exact) mass is 522 g/mol. The van der Waals surface area contributed by atoms with Crippen LogP contribution in [0.3, 0.4) is 0 Å². The number of nitrogen functional groups attached to an aromatic ring is 1. The number of hydrogen-bond acceptors (Lipinski definition) is 9. The van der Waals surface area contributed by atoms with Crippen molar-refractivity contribution in [3.05, 3.63) is 23.9 Å². The Morgan fingerprint density at radius 3 is 2.37 bits per heavy atom. The first-order valence-electron chi connectivity index (χ1n) is 10.2. The van der Waals surface area contributed by atoms with Gasteiger partial charge in [0.25, 0.3) is 0 Å². The van der Waals surface area contributed by atoms with E-state index in [1.54, 1.807) is 14.2 Å². The van der Waals surface area contributed by atoms with Crippen molar-refractivity contribution in [3.8, 4) is 11.5 Å². The molecule has 0 spiro atoms. The summed E-state index contributed by atoms with van der Waals surface area (Å²) in [6.45, 7) is 2.65. The van der Waals surface area contributed by atoms with Gasteiger partial charge < -0.3 is 41.5 Å². The number of amides is 1. The number of nitrogens with zero attached hydrogens (tertiary/aromatic N) is 1. The number of carbonyl (C=O) groups is 1. The van der Waals surface area contributed by atoms with Gasteiger partial charge in [-0.2, -0.15) is 8.42 Å². The largest absolute Gasteiger partial charge is 0.493 e. The van der Waals surface area contributed by atoms with Crippen molar-refractivity contribution in [2.45, 2.75) is 31.9 Å². The predicted octanol–water partition coefficient (Wildman–Crippen LogP) is -0.693. The van der Waals surface area contributed by atoms with E-state index in [1.807, 2.05) is 18.2 Å². The van der Waals surface area contributed by atoms with Crippen LogP contribution < -0.4 is 25.8 Å². The molecule has 14 nitrogen and oxygen atoms in total. The molecule has 15 heteroatoms. The first-order valence-corrected chi connectivity index (χ1v) is 11.6. The number of nitrogens with one attached hydrogen (secondary N) is 2. The van der Waals surface area contributed by atoms with E-state index >= 15 is 0 Å². The quantitative estimate of drug-likeness (QED) is 0.203. The molecule has 0 radical (unpaired) electrons. The van der Waals surface area contributed by atoms with Gasteiger partial charge in [-0.1, -0.05) is 0 Å². The molecule has 0 bridgehead atoms. The number of pyridine rings is 1. The zero-order chi connectivity index (χ0) is 24.4. The molecule has 1 fully saturated rings. The molecule has 1 saturated heterocycles. The molecular formula is C20H34N4O10S. The maximum absolute atomic E-state index is 11.9. The Hall–Kier alpha value is -2.79. The normalized spacial score (nSPS) is 14.7. The highest BCUT2D eigenvalue weighted by Gasteiger charge is 2.22. The first-order chi connectivity index (χ1) is 15.6. The van der Waals surface area contributed by atoms with E-state index in [-0.39, 0.29) is 23.0 Å². The second kappa shape index (κ2) is 15.3. The van der Waals surface area contributed by atoms with Crippen molar-refractivity contribution in [1.82, 2.24) is 15.6 Å². The number of rotatable bonds is 9. The van der Waals surface area contributed by atoms with E-state index in [0.717, 1.165) is 42.3 Å². The van der Waals surface area contributed by atoms with Gasteiger partial charge in [0.1, 0.15) is 11.9 Å². The molecule has 1 amide bonds. The molecule has 0 saturated carbocycles. The summed E-state index contributed by atoms with van der Waals surface area (Å²) < 4.78 is 47.6. The van der Waals surface area contributed by atoms with Gasteiger partial charge in [-0.3, -0.25) is 13.9 Å². The highest BCUT2D eigenvalue weighted by molar-refractivity contribution is 7.79. The number of hydrogen-bond donors (Lipinski definition) is 5. The fraction of sp³-hybridized carbons (Fsp3) is 0.500. The standard InChI is InChI=1S/C20H28N4O4.H2O4S.2H2O/c1-26-17-10-13-9-14(24-19(21)15(13)11-18(17)27-2)12-22-6-4-7-23-20(25)16-5-3-8-28-16;1-5(2,3)4;;/h9-11,16,22H,3-8,12H2,1-2H3,(H2,21,24)(H,23,25);(H2,1,2,3,4);2*1H2. The van der Waals surface area contributed by atoms with Gasteiger partial charge in [0, 0.05) is 25.1 Å². The van der Waals surface area contributed by atoms with Gasteiger partial charge in [-0.05, 0) is 49.4 Å². The molecule has 2 heterocycles. The fourth-order valence-corrected chi connectivity index (χ4v) is 3.29. The molecule has 1 unspecified atom stereocenters. The van der Waals surface area contributed by atoms with E-state index in [9.17, 15) is 4.79 Å². The van der Waals surface area contributed by atoms with E-state index in [2.05, 4.69) is 15.6 Å². The molecule has 0 aliphatic carbocycles. The van der Waals surface area contributed by atoms with E-state index < -0.39 is 10.4 Å². The number of benzene rings is 1. The van der Waals surface area contributed by atoms with Crippen molar-refractivity contribution in [3.63, 3.8) is 0 Å². The molecule has 1 aliphatic heterocycles. The molecule has 35 heavy (non-hydrogen) atoms. The number of ether oxygens (including phenoxy) is 3. The molecule has 2 aromatic rings. The summed E-state index contributed by atoms with van der Waals surface area (Å²) in [6, 6.07) is 5.72. The average molecular weight is 523 g/mol. The number of fused-ring (bicyclic) bond motifs is 1. The van der Waals surface area contributed by atoms with Crippen LogP contribution in [-0.2, 0) is 26.5 Å². The smallest absolute Gasteiger partial charge is 0.394 e. The first kappa shape index (κ1) is 32.2. The summed E-state index contributed by atoms with van der Waals surface area (Å²) in [5.41, 5.74) is 6.97. The van der Waals surface area contributed by atoms with Crippen molar-refractivity contribution >= 4 is 32.9 Å². The number of anilines is 1. The predicted molar refractivity (Wildman–Crippen MR) is 129 cm³/mol. The summed E-state index contributed by atoms with van der Waals surface area (Å²) >= 11 is 0. The van der Waals surface area contributed by atoms with Crippen molar-refractivity contribution < 1.29 is 47.5 Å². The molecule has 1 aliphatic rings. The summed E-state index contributed by atoms with van der Waals surface area (Å²) in [5.74, 6) is 1.73. The Balaban J connectivity index is 0.00000150. The van der Waals surface area contributed by atoms with Crippen LogP contribution in [0.25, 0.3) is 10.8 Å². The Morgan fingerprint density at radius 2 is 1.80 bits per heavy atom.